The number of benzene rings is 2. The second-order valence-corrected chi connectivity index (χ2v) is 9.44. The first-order chi connectivity index (χ1) is 15.4. The molecule has 0 radical (unpaired) electrons. The lowest BCUT2D eigenvalue weighted by atomic mass is 9.97. The summed E-state index contributed by atoms with van der Waals surface area (Å²) in [6, 6.07) is 11.2. The summed E-state index contributed by atoms with van der Waals surface area (Å²) < 4.78 is 38.6. The molecule has 2 aromatic rings. The van der Waals surface area contributed by atoms with Crippen LogP contribution in [0.5, 0.6) is 11.5 Å². The number of rotatable bonds is 10. The minimum Gasteiger partial charge on any atom is -0.497 e. The number of nitrogens with one attached hydrogen (secondary N) is 2. The highest BCUT2D eigenvalue weighted by Crippen LogP contribution is 2.24. The van der Waals surface area contributed by atoms with Crippen LogP contribution in [0, 0.1) is 6.92 Å². The van der Waals surface area contributed by atoms with Crippen LogP contribution in [-0.4, -0.2) is 34.6 Å². The van der Waals surface area contributed by atoms with E-state index >= 15 is 0 Å². The van der Waals surface area contributed by atoms with E-state index in [9.17, 15) is 13.2 Å². The van der Waals surface area contributed by atoms with E-state index < -0.39 is 10.0 Å². The van der Waals surface area contributed by atoms with Gasteiger partial charge in [0.2, 0.25) is 0 Å². The standard InChI is InChI=1S/C24H30N2O5S/c1-18-16-22(32(28,29)26-20-8-10-21(30-2)11-9-20)12-13-23(18)31-17-24(27)25-15-14-19-6-4-3-5-7-19/h6,8-13,16,26H,3-5,7,14-15,17H2,1-2H3,(H,25,27). The van der Waals surface area contributed by atoms with Crippen LogP contribution in [0.4, 0.5) is 5.69 Å². The summed E-state index contributed by atoms with van der Waals surface area (Å²) in [5.41, 5.74) is 2.47. The Hall–Kier alpha value is -3.00. The molecule has 2 N–H and O–H groups in total. The van der Waals surface area contributed by atoms with Gasteiger partial charge in [-0.1, -0.05) is 11.6 Å². The van der Waals surface area contributed by atoms with Crippen molar-refractivity contribution in [2.45, 2.75) is 43.9 Å². The molecule has 0 aromatic heterocycles. The number of sulfonamides is 1. The fourth-order valence-corrected chi connectivity index (χ4v) is 4.66. The highest BCUT2D eigenvalue weighted by atomic mass is 32.2. The molecule has 0 atom stereocenters. The summed E-state index contributed by atoms with van der Waals surface area (Å²) in [5.74, 6) is 0.914. The molecule has 0 aliphatic heterocycles. The van der Waals surface area contributed by atoms with Gasteiger partial charge in [0.15, 0.2) is 6.61 Å². The maximum atomic E-state index is 12.7. The van der Waals surface area contributed by atoms with Crippen molar-refractivity contribution in [3.05, 3.63) is 59.7 Å². The first-order valence-corrected chi connectivity index (χ1v) is 12.2. The molecule has 0 saturated carbocycles. The molecule has 0 heterocycles. The SMILES string of the molecule is COc1ccc(NS(=O)(=O)c2ccc(OCC(=O)NCCC3=CCCCC3)c(C)c2)cc1. The molecule has 8 heteroatoms. The van der Waals surface area contributed by atoms with E-state index in [-0.39, 0.29) is 17.4 Å². The van der Waals surface area contributed by atoms with Gasteiger partial charge in [0.05, 0.1) is 12.0 Å². The Bertz CT molecular complexity index is 1060. The average molecular weight is 459 g/mol. The number of methoxy groups -OCH3 is 1. The second kappa shape index (κ2) is 11.0. The molecule has 1 aliphatic rings. The van der Waals surface area contributed by atoms with Crippen molar-refractivity contribution in [1.29, 1.82) is 0 Å². The minimum atomic E-state index is -3.76. The average Bonchev–Trinajstić information content (AvgIpc) is 2.79. The van der Waals surface area contributed by atoms with Crippen LogP contribution < -0.4 is 19.5 Å². The molecular formula is C24H30N2O5S. The van der Waals surface area contributed by atoms with Gasteiger partial charge in [-0.15, -0.1) is 0 Å². The number of aryl methyl sites for hydroxylation is 1. The van der Waals surface area contributed by atoms with Crippen molar-refractivity contribution in [1.82, 2.24) is 5.32 Å². The number of carbonyl (C=O) groups excluding carboxylic acids is 1. The van der Waals surface area contributed by atoms with Crippen LogP contribution >= 0.6 is 0 Å². The van der Waals surface area contributed by atoms with Crippen LogP contribution in [0.15, 0.2) is 59.0 Å². The van der Waals surface area contributed by atoms with E-state index in [0.717, 1.165) is 19.3 Å². The highest BCUT2D eigenvalue weighted by molar-refractivity contribution is 7.92. The fraction of sp³-hybridized carbons (Fsp3) is 0.375. The normalized spacial score (nSPS) is 13.8. The first kappa shape index (κ1) is 23.7. The molecule has 0 unspecified atom stereocenters. The van der Waals surface area contributed by atoms with Crippen LogP contribution in [0.3, 0.4) is 0 Å². The van der Waals surface area contributed by atoms with Gasteiger partial charge in [0.25, 0.3) is 15.9 Å². The summed E-state index contributed by atoms with van der Waals surface area (Å²) in [6.45, 7) is 2.23. The van der Waals surface area contributed by atoms with E-state index in [1.54, 1.807) is 44.4 Å². The van der Waals surface area contributed by atoms with E-state index in [0.29, 0.717) is 29.3 Å². The molecule has 0 fully saturated rings. The monoisotopic (exact) mass is 458 g/mol. The predicted octanol–water partition coefficient (Wildman–Crippen LogP) is 4.19. The Labute approximate surface area is 189 Å². The molecule has 32 heavy (non-hydrogen) atoms. The lowest BCUT2D eigenvalue weighted by Gasteiger charge is -2.14. The predicted molar refractivity (Wildman–Crippen MR) is 125 cm³/mol. The van der Waals surface area contributed by atoms with Crippen LogP contribution in [-0.2, 0) is 14.8 Å². The molecule has 3 rings (SSSR count). The molecule has 172 valence electrons. The topological polar surface area (TPSA) is 93.7 Å². The van der Waals surface area contributed by atoms with Crippen molar-refractivity contribution < 1.29 is 22.7 Å². The zero-order valence-corrected chi connectivity index (χ0v) is 19.3. The van der Waals surface area contributed by atoms with Crippen LogP contribution in [0.2, 0.25) is 0 Å². The molecule has 0 spiro atoms. The quantitative estimate of drug-likeness (QED) is 0.521. The zero-order chi connectivity index (χ0) is 23.0. The Morgan fingerprint density at radius 1 is 1.09 bits per heavy atom. The number of hydrogen-bond donors (Lipinski definition) is 2. The lowest BCUT2D eigenvalue weighted by Crippen LogP contribution is -2.30. The summed E-state index contributed by atoms with van der Waals surface area (Å²) in [5, 5.41) is 2.87. The van der Waals surface area contributed by atoms with Crippen LogP contribution in [0.1, 0.15) is 37.7 Å². The number of hydrogen-bond acceptors (Lipinski definition) is 5. The van der Waals surface area contributed by atoms with Crippen molar-refractivity contribution in [2.24, 2.45) is 0 Å². The number of ether oxygens (including phenoxy) is 2. The summed E-state index contributed by atoms with van der Waals surface area (Å²) in [4.78, 5) is 12.2. The van der Waals surface area contributed by atoms with Gasteiger partial charge in [-0.25, -0.2) is 8.42 Å². The summed E-state index contributed by atoms with van der Waals surface area (Å²) in [7, 11) is -2.21. The van der Waals surface area contributed by atoms with Gasteiger partial charge < -0.3 is 14.8 Å². The van der Waals surface area contributed by atoms with Gasteiger partial charge in [0, 0.05) is 12.2 Å². The second-order valence-electron chi connectivity index (χ2n) is 7.76. The van der Waals surface area contributed by atoms with E-state index in [1.807, 2.05) is 0 Å². The number of anilines is 1. The minimum absolute atomic E-state index is 0.114. The van der Waals surface area contributed by atoms with Gasteiger partial charge in [-0.05, 0) is 87.1 Å². The van der Waals surface area contributed by atoms with Gasteiger partial charge in [0.1, 0.15) is 11.5 Å². The smallest absolute Gasteiger partial charge is 0.261 e. The number of carbonyl (C=O) groups is 1. The van der Waals surface area contributed by atoms with Crippen LogP contribution in [0.25, 0.3) is 0 Å². The molecule has 0 saturated heterocycles. The first-order valence-electron chi connectivity index (χ1n) is 10.7. The van der Waals surface area contributed by atoms with Gasteiger partial charge in [-0.2, -0.15) is 0 Å². The molecular weight excluding hydrogens is 428 g/mol. The van der Waals surface area contributed by atoms with E-state index in [1.165, 1.54) is 30.5 Å². The van der Waals surface area contributed by atoms with Crippen molar-refractivity contribution in [3.8, 4) is 11.5 Å². The van der Waals surface area contributed by atoms with Crippen molar-refractivity contribution in [2.75, 3.05) is 25.0 Å². The summed E-state index contributed by atoms with van der Waals surface area (Å²) >= 11 is 0. The molecule has 1 aliphatic carbocycles. The maximum absolute atomic E-state index is 12.7. The molecule has 1 amide bonds. The van der Waals surface area contributed by atoms with Gasteiger partial charge in [-0.3, -0.25) is 9.52 Å². The zero-order valence-electron chi connectivity index (χ0n) is 18.5. The van der Waals surface area contributed by atoms with E-state index in [4.69, 9.17) is 9.47 Å². The Morgan fingerprint density at radius 3 is 2.53 bits per heavy atom. The highest BCUT2D eigenvalue weighted by Gasteiger charge is 2.16. The third-order valence-electron chi connectivity index (χ3n) is 5.31. The molecule has 2 aromatic carbocycles. The van der Waals surface area contributed by atoms with Crippen molar-refractivity contribution in [3.63, 3.8) is 0 Å². The Morgan fingerprint density at radius 2 is 1.88 bits per heavy atom. The third-order valence-corrected chi connectivity index (χ3v) is 6.69. The Balaban J connectivity index is 1.52. The molecule has 0 bridgehead atoms. The van der Waals surface area contributed by atoms with Gasteiger partial charge >= 0.3 is 0 Å². The lowest BCUT2D eigenvalue weighted by molar-refractivity contribution is -0.123. The third kappa shape index (κ3) is 6.75. The van der Waals surface area contributed by atoms with E-state index in [2.05, 4.69) is 16.1 Å². The Kier molecular flexibility index (Phi) is 8.16. The summed E-state index contributed by atoms with van der Waals surface area (Å²) in [6.07, 6.45) is 7.87. The largest absolute Gasteiger partial charge is 0.497 e. The fourth-order valence-electron chi connectivity index (χ4n) is 3.51. The number of allylic oxidation sites excluding steroid dienone is 1. The van der Waals surface area contributed by atoms with Crippen molar-refractivity contribution >= 4 is 21.6 Å². The number of amides is 1. The maximum Gasteiger partial charge on any atom is 0.261 e. The molecule has 7 nitrogen and oxygen atoms in total.